The van der Waals surface area contributed by atoms with Gasteiger partial charge in [-0.05, 0) is 75.7 Å². The number of unbranched alkanes of at least 4 members (excludes halogenated alkanes) is 3. The maximum Gasteiger partial charge on any atom is 0.119 e. The number of rotatable bonds is 7. The topological polar surface area (TPSA) is 21.3 Å². The van der Waals surface area contributed by atoms with Crippen LogP contribution in [-0.2, 0) is 0 Å². The summed E-state index contributed by atoms with van der Waals surface area (Å²) < 4.78 is 6.14. The highest BCUT2D eigenvalue weighted by Crippen LogP contribution is 2.52. The highest BCUT2D eigenvalue weighted by Gasteiger charge is 2.39. The number of benzene rings is 4. The zero-order chi connectivity index (χ0) is 22.9. The molecule has 172 valence electrons. The predicted molar refractivity (Wildman–Crippen MR) is 144 cm³/mol. The molecule has 1 aliphatic carbocycles. The Balaban J connectivity index is 1.38. The van der Waals surface area contributed by atoms with Crippen molar-refractivity contribution in [2.24, 2.45) is 5.92 Å². The van der Waals surface area contributed by atoms with Gasteiger partial charge >= 0.3 is 0 Å². The molecular weight excluding hydrogens is 414 g/mol. The summed E-state index contributed by atoms with van der Waals surface area (Å²) in [6.07, 6.45) is 10.8. The minimum absolute atomic E-state index is 0.268. The lowest BCUT2D eigenvalue weighted by Crippen LogP contribution is -2.29. The van der Waals surface area contributed by atoms with E-state index in [4.69, 9.17) is 4.74 Å². The first-order valence-electron chi connectivity index (χ1n) is 12.9. The fourth-order valence-corrected chi connectivity index (χ4v) is 6.05. The molecule has 2 aliphatic rings. The largest absolute Gasteiger partial charge is 0.494 e. The minimum Gasteiger partial charge on any atom is -0.494 e. The standard InChI is InChI=1S/C32H33NO/c1-2-3-4-9-19-34-24-17-18-30-29(21-24)27-15-10-16-28(27)32(33-30)31-25-13-7-5-11-22(25)20-23-12-6-8-14-26(23)31/h5-8,10-15,17-18,20-21,27-28,32-33H,2-4,9,16,19H2,1H3. The lowest BCUT2D eigenvalue weighted by atomic mass is 9.75. The molecule has 0 fully saturated rings. The Morgan fingerprint density at radius 3 is 2.38 bits per heavy atom. The average molecular weight is 448 g/mol. The Morgan fingerprint density at radius 2 is 1.62 bits per heavy atom. The monoisotopic (exact) mass is 447 g/mol. The van der Waals surface area contributed by atoms with Gasteiger partial charge in [-0.25, -0.2) is 0 Å². The number of fused-ring (bicyclic) bond motifs is 5. The van der Waals surface area contributed by atoms with Crippen LogP contribution >= 0.6 is 0 Å². The van der Waals surface area contributed by atoms with Crippen molar-refractivity contribution in [1.29, 1.82) is 0 Å². The fraction of sp³-hybridized carbons (Fsp3) is 0.312. The smallest absolute Gasteiger partial charge is 0.119 e. The summed E-state index contributed by atoms with van der Waals surface area (Å²) in [7, 11) is 0. The predicted octanol–water partition coefficient (Wildman–Crippen LogP) is 8.78. The Bertz CT molecular complexity index is 1300. The van der Waals surface area contributed by atoms with E-state index in [0.29, 0.717) is 11.8 Å². The van der Waals surface area contributed by atoms with Crippen molar-refractivity contribution in [3.8, 4) is 5.75 Å². The van der Waals surface area contributed by atoms with Crippen LogP contribution < -0.4 is 10.1 Å². The van der Waals surface area contributed by atoms with E-state index in [1.54, 1.807) is 0 Å². The summed E-state index contributed by atoms with van der Waals surface area (Å²) in [5.41, 5.74) is 4.06. The number of ether oxygens (including phenoxy) is 1. The molecule has 4 aromatic carbocycles. The lowest BCUT2D eigenvalue weighted by Gasteiger charge is -2.38. The number of anilines is 1. The Labute approximate surface area is 202 Å². The summed E-state index contributed by atoms with van der Waals surface area (Å²) in [6, 6.07) is 27.0. The van der Waals surface area contributed by atoms with Crippen molar-refractivity contribution in [3.63, 3.8) is 0 Å². The highest BCUT2D eigenvalue weighted by molar-refractivity contribution is 6.03. The first kappa shape index (κ1) is 21.3. The third-order valence-corrected chi connectivity index (χ3v) is 7.72. The highest BCUT2D eigenvalue weighted by atomic mass is 16.5. The van der Waals surface area contributed by atoms with E-state index in [1.807, 2.05) is 0 Å². The first-order chi connectivity index (χ1) is 16.8. The van der Waals surface area contributed by atoms with Crippen LogP contribution in [0.15, 0.2) is 84.9 Å². The molecule has 0 saturated heterocycles. The van der Waals surface area contributed by atoms with Gasteiger partial charge in [0.05, 0.1) is 12.6 Å². The molecule has 0 spiro atoms. The molecule has 4 aromatic rings. The summed E-state index contributed by atoms with van der Waals surface area (Å²) >= 11 is 0. The molecule has 1 N–H and O–H groups in total. The van der Waals surface area contributed by atoms with Crippen LogP contribution in [0.1, 0.15) is 62.1 Å². The van der Waals surface area contributed by atoms with Crippen molar-refractivity contribution >= 4 is 27.2 Å². The van der Waals surface area contributed by atoms with Gasteiger partial charge in [0.25, 0.3) is 0 Å². The summed E-state index contributed by atoms with van der Waals surface area (Å²) in [5.74, 6) is 1.93. The van der Waals surface area contributed by atoms with Crippen LogP contribution in [0.5, 0.6) is 5.75 Å². The number of allylic oxidation sites excluding steroid dienone is 2. The Morgan fingerprint density at radius 1 is 0.853 bits per heavy atom. The van der Waals surface area contributed by atoms with Crippen LogP contribution in [0.25, 0.3) is 21.5 Å². The third-order valence-electron chi connectivity index (χ3n) is 7.72. The quantitative estimate of drug-likeness (QED) is 0.174. The third kappa shape index (κ3) is 3.76. The maximum atomic E-state index is 6.14. The van der Waals surface area contributed by atoms with E-state index >= 15 is 0 Å². The second-order valence-electron chi connectivity index (χ2n) is 9.87. The zero-order valence-electron chi connectivity index (χ0n) is 20.0. The van der Waals surface area contributed by atoms with E-state index < -0.39 is 0 Å². The van der Waals surface area contributed by atoms with Crippen molar-refractivity contribution in [1.82, 2.24) is 0 Å². The molecule has 2 nitrogen and oxygen atoms in total. The number of hydrogen-bond donors (Lipinski definition) is 1. The molecule has 0 radical (unpaired) electrons. The molecular formula is C32H33NO. The second-order valence-corrected chi connectivity index (χ2v) is 9.87. The van der Waals surface area contributed by atoms with E-state index in [0.717, 1.165) is 25.2 Å². The molecule has 34 heavy (non-hydrogen) atoms. The molecule has 3 atom stereocenters. The van der Waals surface area contributed by atoms with Crippen molar-refractivity contribution in [2.75, 3.05) is 11.9 Å². The van der Waals surface area contributed by atoms with Gasteiger partial charge in [-0.3, -0.25) is 0 Å². The normalized spacial score (nSPS) is 20.8. The molecule has 0 saturated carbocycles. The van der Waals surface area contributed by atoms with Gasteiger partial charge in [-0.15, -0.1) is 0 Å². The Hall–Kier alpha value is -3.26. The van der Waals surface area contributed by atoms with Crippen LogP contribution in [0.4, 0.5) is 5.69 Å². The number of nitrogens with one attached hydrogen (secondary N) is 1. The van der Waals surface area contributed by atoms with Crippen LogP contribution in [0.2, 0.25) is 0 Å². The summed E-state index contributed by atoms with van der Waals surface area (Å²) in [6.45, 7) is 3.05. The SMILES string of the molecule is CCCCCCOc1ccc2c(c1)C1C=CCC1C(c1c3ccccc3cc3ccccc13)N2. The van der Waals surface area contributed by atoms with Crippen molar-refractivity contribution in [3.05, 3.63) is 96.1 Å². The average Bonchev–Trinajstić information content (AvgIpc) is 3.37. The van der Waals surface area contributed by atoms with E-state index in [2.05, 4.69) is 97.2 Å². The minimum atomic E-state index is 0.268. The fourth-order valence-electron chi connectivity index (χ4n) is 6.05. The first-order valence-corrected chi connectivity index (χ1v) is 12.9. The lowest BCUT2D eigenvalue weighted by molar-refractivity contribution is 0.304. The molecule has 3 unspecified atom stereocenters. The summed E-state index contributed by atoms with van der Waals surface area (Å²) in [4.78, 5) is 0. The van der Waals surface area contributed by atoms with Crippen LogP contribution in [-0.4, -0.2) is 6.61 Å². The van der Waals surface area contributed by atoms with Gasteiger partial charge in [-0.1, -0.05) is 86.9 Å². The van der Waals surface area contributed by atoms with Crippen LogP contribution in [0, 0.1) is 5.92 Å². The molecule has 6 rings (SSSR count). The van der Waals surface area contributed by atoms with Gasteiger partial charge < -0.3 is 10.1 Å². The molecule has 0 bridgehead atoms. The van der Waals surface area contributed by atoms with Crippen molar-refractivity contribution < 1.29 is 4.74 Å². The van der Waals surface area contributed by atoms with Gasteiger partial charge in [0.2, 0.25) is 0 Å². The molecule has 1 aliphatic heterocycles. The van der Waals surface area contributed by atoms with Gasteiger partial charge in [-0.2, -0.15) is 0 Å². The summed E-state index contributed by atoms with van der Waals surface area (Å²) in [5, 5.41) is 9.34. The zero-order valence-corrected chi connectivity index (χ0v) is 20.0. The molecule has 0 aromatic heterocycles. The van der Waals surface area contributed by atoms with Gasteiger partial charge in [0.15, 0.2) is 0 Å². The van der Waals surface area contributed by atoms with E-state index in [1.165, 1.54) is 57.6 Å². The molecule has 0 amide bonds. The van der Waals surface area contributed by atoms with Gasteiger partial charge in [0.1, 0.15) is 5.75 Å². The number of hydrogen-bond acceptors (Lipinski definition) is 2. The van der Waals surface area contributed by atoms with E-state index in [9.17, 15) is 0 Å². The maximum absolute atomic E-state index is 6.14. The van der Waals surface area contributed by atoms with Gasteiger partial charge in [0, 0.05) is 11.6 Å². The second kappa shape index (κ2) is 9.18. The molecule has 1 heterocycles. The Kier molecular flexibility index (Phi) is 5.74. The van der Waals surface area contributed by atoms with Crippen LogP contribution in [0.3, 0.4) is 0 Å². The van der Waals surface area contributed by atoms with Crippen molar-refractivity contribution in [2.45, 2.75) is 51.0 Å². The van der Waals surface area contributed by atoms with E-state index in [-0.39, 0.29) is 6.04 Å². The molecule has 2 heteroatoms.